The van der Waals surface area contributed by atoms with Crippen molar-refractivity contribution in [2.45, 2.75) is 38.3 Å². The third-order valence-corrected chi connectivity index (χ3v) is 5.79. The monoisotopic (exact) mass is 357 g/mol. The Kier molecular flexibility index (Phi) is 4.40. The number of nitrogens with zero attached hydrogens (tertiary/aromatic N) is 1. The number of para-hydroxylation sites is 1. The minimum atomic E-state index is -0.485. The van der Waals surface area contributed by atoms with Crippen LogP contribution in [0, 0.1) is 11.8 Å². The maximum absolute atomic E-state index is 13.0. The standard InChI is InChI=1S/C19H23N3O4/c1-2-11-16(13-8-10-26-17(11)13)21-18(24)12-5-3-4-6-14(12)22-9-7-15(23)20-19(22)25/h3-6,11,13,16-17H,2,7-10H2,1H3,(H,21,24)(H,20,23,25)/t11-,13+,16-,17-/m0/s1. The zero-order chi connectivity index (χ0) is 18.3. The second-order valence-electron chi connectivity index (χ2n) is 7.13. The molecule has 0 spiro atoms. The van der Waals surface area contributed by atoms with Gasteiger partial charge < -0.3 is 10.1 Å². The van der Waals surface area contributed by atoms with Crippen molar-refractivity contribution in [3.63, 3.8) is 0 Å². The molecule has 7 nitrogen and oxygen atoms in total. The van der Waals surface area contributed by atoms with Crippen molar-refractivity contribution in [2.24, 2.45) is 11.8 Å². The molecule has 7 heteroatoms. The van der Waals surface area contributed by atoms with Crippen molar-refractivity contribution in [3.8, 4) is 0 Å². The van der Waals surface area contributed by atoms with Crippen LogP contribution in [-0.2, 0) is 9.53 Å². The second-order valence-corrected chi connectivity index (χ2v) is 7.13. The van der Waals surface area contributed by atoms with Crippen molar-refractivity contribution in [3.05, 3.63) is 29.8 Å². The van der Waals surface area contributed by atoms with E-state index in [4.69, 9.17) is 4.74 Å². The molecule has 3 fully saturated rings. The van der Waals surface area contributed by atoms with Crippen LogP contribution in [0.3, 0.4) is 0 Å². The van der Waals surface area contributed by atoms with E-state index < -0.39 is 6.03 Å². The number of benzene rings is 1. The number of fused-ring (bicyclic) bond motifs is 1. The molecule has 1 aromatic carbocycles. The molecule has 2 N–H and O–H groups in total. The van der Waals surface area contributed by atoms with Gasteiger partial charge in [0.25, 0.3) is 5.91 Å². The van der Waals surface area contributed by atoms with Crippen LogP contribution in [0.4, 0.5) is 10.5 Å². The summed E-state index contributed by atoms with van der Waals surface area (Å²) in [6.07, 6.45) is 2.43. The SMILES string of the molecule is CC[C@H]1[C@H](NC(=O)c2ccccc2N2CCC(=O)NC2=O)[C@H]2CCO[C@H]21. The van der Waals surface area contributed by atoms with Crippen molar-refractivity contribution in [2.75, 3.05) is 18.1 Å². The summed E-state index contributed by atoms with van der Waals surface area (Å²) in [6, 6.07) is 6.66. The van der Waals surface area contributed by atoms with Crippen molar-refractivity contribution < 1.29 is 19.1 Å². The average Bonchev–Trinajstić information content (AvgIpc) is 3.04. The fourth-order valence-corrected chi connectivity index (χ4v) is 4.45. The fraction of sp³-hybridized carbons (Fsp3) is 0.526. The number of carbonyl (C=O) groups is 3. The summed E-state index contributed by atoms with van der Waals surface area (Å²) in [7, 11) is 0. The molecule has 4 atom stereocenters. The van der Waals surface area contributed by atoms with E-state index in [1.165, 1.54) is 4.90 Å². The zero-order valence-electron chi connectivity index (χ0n) is 14.7. The van der Waals surface area contributed by atoms with E-state index in [2.05, 4.69) is 17.6 Å². The quantitative estimate of drug-likeness (QED) is 0.858. The predicted octanol–water partition coefficient (Wildman–Crippen LogP) is 1.68. The van der Waals surface area contributed by atoms with Gasteiger partial charge in [0.1, 0.15) is 0 Å². The molecular weight excluding hydrogens is 334 g/mol. The smallest absolute Gasteiger partial charge is 0.328 e. The molecule has 2 saturated heterocycles. The third-order valence-electron chi connectivity index (χ3n) is 5.79. The summed E-state index contributed by atoms with van der Waals surface area (Å²) < 4.78 is 5.77. The maximum atomic E-state index is 13.0. The highest BCUT2D eigenvalue weighted by atomic mass is 16.5. The second kappa shape index (κ2) is 6.72. The van der Waals surface area contributed by atoms with Crippen LogP contribution in [0.2, 0.25) is 0 Å². The van der Waals surface area contributed by atoms with Gasteiger partial charge in [-0.3, -0.25) is 19.8 Å². The largest absolute Gasteiger partial charge is 0.377 e. The predicted molar refractivity (Wildman–Crippen MR) is 94.8 cm³/mol. The van der Waals surface area contributed by atoms with Crippen LogP contribution < -0.4 is 15.5 Å². The van der Waals surface area contributed by atoms with E-state index in [0.717, 1.165) is 19.4 Å². The molecule has 2 heterocycles. The first-order valence-corrected chi connectivity index (χ1v) is 9.23. The number of carbonyl (C=O) groups excluding carboxylic acids is 3. The molecule has 4 amide bonds. The Morgan fingerprint density at radius 3 is 2.92 bits per heavy atom. The molecule has 1 saturated carbocycles. The van der Waals surface area contributed by atoms with Gasteiger partial charge >= 0.3 is 6.03 Å². The van der Waals surface area contributed by atoms with E-state index in [1.807, 2.05) is 0 Å². The Bertz CT molecular complexity index is 750. The van der Waals surface area contributed by atoms with Gasteiger partial charge in [-0.25, -0.2) is 4.79 Å². The number of ether oxygens (including phenoxy) is 1. The highest BCUT2D eigenvalue weighted by Crippen LogP contribution is 2.45. The van der Waals surface area contributed by atoms with Gasteiger partial charge in [0.2, 0.25) is 5.91 Å². The van der Waals surface area contributed by atoms with Crippen LogP contribution >= 0.6 is 0 Å². The minimum absolute atomic E-state index is 0.116. The lowest BCUT2D eigenvalue weighted by Gasteiger charge is -2.47. The van der Waals surface area contributed by atoms with Crippen LogP contribution in [0.5, 0.6) is 0 Å². The molecule has 1 aliphatic carbocycles. The highest BCUT2D eigenvalue weighted by Gasteiger charge is 2.53. The van der Waals surface area contributed by atoms with Gasteiger partial charge in [0.05, 0.1) is 17.4 Å². The van der Waals surface area contributed by atoms with E-state index in [-0.39, 0.29) is 36.9 Å². The minimum Gasteiger partial charge on any atom is -0.377 e. The number of hydrogen-bond acceptors (Lipinski definition) is 4. The van der Waals surface area contributed by atoms with Crippen LogP contribution in [0.15, 0.2) is 24.3 Å². The molecule has 0 radical (unpaired) electrons. The number of nitrogens with one attached hydrogen (secondary N) is 2. The normalized spacial score (nSPS) is 30.4. The lowest BCUT2D eigenvalue weighted by molar-refractivity contribution is -0.120. The maximum Gasteiger partial charge on any atom is 0.328 e. The van der Waals surface area contributed by atoms with E-state index in [9.17, 15) is 14.4 Å². The molecule has 26 heavy (non-hydrogen) atoms. The van der Waals surface area contributed by atoms with Gasteiger partial charge in [-0.1, -0.05) is 19.1 Å². The van der Waals surface area contributed by atoms with Crippen LogP contribution in [0.1, 0.15) is 36.5 Å². The Morgan fingerprint density at radius 2 is 2.15 bits per heavy atom. The van der Waals surface area contributed by atoms with Gasteiger partial charge in [-0.15, -0.1) is 0 Å². The molecule has 138 valence electrons. The first-order valence-electron chi connectivity index (χ1n) is 9.23. The van der Waals surface area contributed by atoms with Gasteiger partial charge in [0.15, 0.2) is 0 Å². The van der Waals surface area contributed by atoms with Crippen molar-refractivity contribution in [1.29, 1.82) is 0 Å². The number of hydrogen-bond donors (Lipinski definition) is 2. The molecule has 0 unspecified atom stereocenters. The van der Waals surface area contributed by atoms with Crippen molar-refractivity contribution in [1.82, 2.24) is 10.6 Å². The summed E-state index contributed by atoms with van der Waals surface area (Å²) >= 11 is 0. The molecule has 0 aromatic heterocycles. The lowest BCUT2D eigenvalue weighted by atomic mass is 9.65. The van der Waals surface area contributed by atoms with Crippen LogP contribution in [0.25, 0.3) is 0 Å². The summed E-state index contributed by atoms with van der Waals surface area (Å²) in [5.74, 6) is 0.251. The first-order chi connectivity index (χ1) is 12.6. The number of urea groups is 1. The summed E-state index contributed by atoms with van der Waals surface area (Å²) in [4.78, 5) is 38.0. The molecule has 0 bridgehead atoms. The first kappa shape index (κ1) is 17.0. The van der Waals surface area contributed by atoms with E-state index in [0.29, 0.717) is 23.1 Å². The lowest BCUT2D eigenvalue weighted by Crippen LogP contribution is -2.61. The van der Waals surface area contributed by atoms with E-state index >= 15 is 0 Å². The molecular formula is C19H23N3O4. The van der Waals surface area contributed by atoms with Gasteiger partial charge in [-0.2, -0.15) is 0 Å². The van der Waals surface area contributed by atoms with E-state index in [1.54, 1.807) is 24.3 Å². The Hall–Kier alpha value is -2.41. The Morgan fingerprint density at radius 1 is 1.35 bits per heavy atom. The summed E-state index contributed by atoms with van der Waals surface area (Å²) in [5, 5.41) is 5.47. The van der Waals surface area contributed by atoms with Crippen molar-refractivity contribution >= 4 is 23.5 Å². The molecule has 4 rings (SSSR count). The number of rotatable bonds is 4. The molecule has 1 aromatic rings. The highest BCUT2D eigenvalue weighted by molar-refractivity contribution is 6.09. The summed E-state index contributed by atoms with van der Waals surface area (Å²) in [6.45, 7) is 3.15. The zero-order valence-corrected chi connectivity index (χ0v) is 14.7. The average molecular weight is 357 g/mol. The molecule has 2 aliphatic heterocycles. The number of amides is 4. The van der Waals surface area contributed by atoms with Gasteiger partial charge in [-0.05, 0) is 25.0 Å². The molecule has 3 aliphatic rings. The number of imide groups is 1. The topological polar surface area (TPSA) is 87.7 Å². The number of anilines is 1. The van der Waals surface area contributed by atoms with Crippen LogP contribution in [-0.4, -0.2) is 43.1 Å². The fourth-order valence-electron chi connectivity index (χ4n) is 4.45. The van der Waals surface area contributed by atoms with Gasteiger partial charge in [0, 0.05) is 37.5 Å². The summed E-state index contributed by atoms with van der Waals surface area (Å²) in [5.41, 5.74) is 0.982. The Balaban J connectivity index is 1.53. The Labute approximate surface area is 152 Å². The third kappa shape index (κ3) is 2.76.